The lowest BCUT2D eigenvalue weighted by atomic mass is 10.1. The second-order valence-electron chi connectivity index (χ2n) is 5.02. The molecule has 1 fully saturated rings. The maximum Gasteiger partial charge on any atom is 0.0656 e. The van der Waals surface area contributed by atoms with Gasteiger partial charge >= 0.3 is 0 Å². The maximum atomic E-state index is 8.96. The predicted octanol–water partition coefficient (Wildman–Crippen LogP) is 2.97. The van der Waals surface area contributed by atoms with Crippen LogP contribution in [0.15, 0.2) is 12.1 Å². The number of benzene rings is 1. The Morgan fingerprint density at radius 1 is 1.50 bits per heavy atom. The number of aliphatic hydroxyl groups excluding tert-OH is 1. The molecule has 1 unspecified atom stereocenters. The second-order valence-corrected chi connectivity index (χ2v) is 5.42. The quantitative estimate of drug-likeness (QED) is 0.826. The summed E-state index contributed by atoms with van der Waals surface area (Å²) < 4.78 is 0. The normalized spacial score (nSPS) is 19.5. The highest BCUT2D eigenvalue weighted by Gasteiger charge is 2.25. The van der Waals surface area contributed by atoms with E-state index in [4.69, 9.17) is 22.4 Å². The summed E-state index contributed by atoms with van der Waals surface area (Å²) in [6.45, 7) is 3.41. The molecule has 1 aliphatic rings. The summed E-state index contributed by atoms with van der Waals surface area (Å²) in [4.78, 5) is 2.41. The fourth-order valence-electron chi connectivity index (χ4n) is 2.78. The Bertz CT molecular complexity index is 423. The van der Waals surface area contributed by atoms with Crippen LogP contribution < -0.4 is 10.6 Å². The van der Waals surface area contributed by atoms with Crippen molar-refractivity contribution in [1.29, 1.82) is 0 Å². The van der Waals surface area contributed by atoms with Crippen LogP contribution in [0.2, 0.25) is 5.02 Å². The molecule has 0 bridgehead atoms. The van der Waals surface area contributed by atoms with Gasteiger partial charge in [-0.1, -0.05) is 11.6 Å². The number of aliphatic hydroxyl groups is 1. The minimum Gasteiger partial charge on any atom is -0.398 e. The Balaban J connectivity index is 2.21. The van der Waals surface area contributed by atoms with Crippen molar-refractivity contribution in [2.45, 2.75) is 38.6 Å². The number of halogens is 1. The summed E-state index contributed by atoms with van der Waals surface area (Å²) in [6.07, 6.45) is 4.31. The summed E-state index contributed by atoms with van der Waals surface area (Å²) in [5, 5.41) is 9.59. The number of nitrogens with two attached hydrogens (primary N) is 1. The van der Waals surface area contributed by atoms with E-state index in [9.17, 15) is 0 Å². The molecule has 1 aromatic rings. The van der Waals surface area contributed by atoms with Crippen LogP contribution in [0.5, 0.6) is 0 Å². The molecular formula is C14H21ClN2O. The molecule has 18 heavy (non-hydrogen) atoms. The Kier molecular flexibility index (Phi) is 4.36. The Morgan fingerprint density at radius 2 is 2.28 bits per heavy atom. The molecule has 0 aromatic heterocycles. The highest BCUT2D eigenvalue weighted by molar-refractivity contribution is 6.33. The minimum atomic E-state index is 0.270. The summed E-state index contributed by atoms with van der Waals surface area (Å²) in [5.74, 6) is 0. The van der Waals surface area contributed by atoms with Gasteiger partial charge in [0.15, 0.2) is 0 Å². The Morgan fingerprint density at radius 3 is 3.00 bits per heavy atom. The molecule has 0 radical (unpaired) electrons. The molecule has 1 atom stereocenters. The molecule has 3 N–H and O–H groups in total. The third kappa shape index (κ3) is 2.73. The first-order chi connectivity index (χ1) is 8.63. The third-order valence-electron chi connectivity index (χ3n) is 3.70. The van der Waals surface area contributed by atoms with Crippen molar-refractivity contribution in [3.63, 3.8) is 0 Å². The summed E-state index contributed by atoms with van der Waals surface area (Å²) in [5.41, 5.74) is 8.83. The second kappa shape index (κ2) is 5.81. The molecule has 4 heteroatoms. The lowest BCUT2D eigenvalue weighted by Crippen LogP contribution is -2.30. The van der Waals surface area contributed by atoms with Gasteiger partial charge in [0.2, 0.25) is 0 Å². The van der Waals surface area contributed by atoms with Gasteiger partial charge < -0.3 is 15.7 Å². The smallest absolute Gasteiger partial charge is 0.0656 e. The van der Waals surface area contributed by atoms with E-state index in [2.05, 4.69) is 11.8 Å². The van der Waals surface area contributed by atoms with Crippen LogP contribution in [0, 0.1) is 6.92 Å². The lowest BCUT2D eigenvalue weighted by molar-refractivity contribution is 0.279. The lowest BCUT2D eigenvalue weighted by Gasteiger charge is -2.28. The SMILES string of the molecule is Cc1cc(N)c(Cl)cc1N1CCCC1CCCO. The first-order valence-electron chi connectivity index (χ1n) is 6.56. The molecule has 1 aromatic carbocycles. The van der Waals surface area contributed by atoms with Gasteiger partial charge in [0.1, 0.15) is 0 Å². The van der Waals surface area contributed by atoms with Crippen molar-refractivity contribution in [2.24, 2.45) is 0 Å². The number of nitrogen functional groups attached to an aromatic ring is 1. The Hall–Kier alpha value is -0.930. The number of rotatable bonds is 4. The third-order valence-corrected chi connectivity index (χ3v) is 4.02. The van der Waals surface area contributed by atoms with Crippen LogP contribution in [0.3, 0.4) is 0 Å². The van der Waals surface area contributed by atoms with E-state index in [1.54, 1.807) is 0 Å². The van der Waals surface area contributed by atoms with E-state index in [0.29, 0.717) is 16.8 Å². The van der Waals surface area contributed by atoms with E-state index < -0.39 is 0 Å². The van der Waals surface area contributed by atoms with Crippen molar-refractivity contribution in [1.82, 2.24) is 0 Å². The van der Waals surface area contributed by atoms with Crippen molar-refractivity contribution >= 4 is 23.0 Å². The van der Waals surface area contributed by atoms with Gasteiger partial charge in [0, 0.05) is 24.9 Å². The molecule has 100 valence electrons. The average Bonchev–Trinajstić information content (AvgIpc) is 2.79. The molecule has 2 rings (SSSR count). The number of anilines is 2. The molecule has 0 spiro atoms. The van der Waals surface area contributed by atoms with Crippen LogP contribution in [0.1, 0.15) is 31.2 Å². The zero-order valence-corrected chi connectivity index (χ0v) is 11.6. The van der Waals surface area contributed by atoms with Gasteiger partial charge in [-0.05, 0) is 50.3 Å². The molecule has 1 heterocycles. The van der Waals surface area contributed by atoms with Crippen LogP contribution in [-0.4, -0.2) is 24.3 Å². The average molecular weight is 269 g/mol. The predicted molar refractivity (Wildman–Crippen MR) is 77.3 cm³/mol. The van der Waals surface area contributed by atoms with Gasteiger partial charge in [0.25, 0.3) is 0 Å². The zero-order valence-electron chi connectivity index (χ0n) is 10.8. The van der Waals surface area contributed by atoms with E-state index in [1.165, 1.54) is 24.1 Å². The monoisotopic (exact) mass is 268 g/mol. The van der Waals surface area contributed by atoms with Gasteiger partial charge in [-0.15, -0.1) is 0 Å². The van der Waals surface area contributed by atoms with E-state index in [0.717, 1.165) is 19.4 Å². The number of hydrogen-bond acceptors (Lipinski definition) is 3. The molecular weight excluding hydrogens is 248 g/mol. The first-order valence-corrected chi connectivity index (χ1v) is 6.94. The van der Waals surface area contributed by atoms with Crippen LogP contribution in [0.25, 0.3) is 0 Å². The Labute approximate surface area is 114 Å². The number of aryl methyl sites for hydroxylation is 1. The van der Waals surface area contributed by atoms with Crippen molar-refractivity contribution in [2.75, 3.05) is 23.8 Å². The summed E-state index contributed by atoms with van der Waals surface area (Å²) in [6, 6.07) is 4.44. The van der Waals surface area contributed by atoms with E-state index in [-0.39, 0.29) is 6.61 Å². The highest BCUT2D eigenvalue weighted by Crippen LogP contribution is 2.34. The van der Waals surface area contributed by atoms with E-state index >= 15 is 0 Å². The van der Waals surface area contributed by atoms with Crippen molar-refractivity contribution in [3.8, 4) is 0 Å². The molecule has 3 nitrogen and oxygen atoms in total. The largest absolute Gasteiger partial charge is 0.398 e. The number of nitrogens with zero attached hydrogens (tertiary/aromatic N) is 1. The molecule has 0 aliphatic carbocycles. The number of hydrogen-bond donors (Lipinski definition) is 2. The van der Waals surface area contributed by atoms with Crippen LogP contribution in [0.4, 0.5) is 11.4 Å². The summed E-state index contributed by atoms with van der Waals surface area (Å²) in [7, 11) is 0. The highest BCUT2D eigenvalue weighted by atomic mass is 35.5. The van der Waals surface area contributed by atoms with Gasteiger partial charge in [-0.25, -0.2) is 0 Å². The molecule has 0 amide bonds. The molecule has 1 aliphatic heterocycles. The topological polar surface area (TPSA) is 49.5 Å². The van der Waals surface area contributed by atoms with Crippen LogP contribution >= 0.6 is 11.6 Å². The van der Waals surface area contributed by atoms with E-state index in [1.807, 2.05) is 12.1 Å². The first kappa shape index (κ1) is 13.5. The van der Waals surface area contributed by atoms with Crippen LogP contribution in [-0.2, 0) is 0 Å². The molecule has 1 saturated heterocycles. The minimum absolute atomic E-state index is 0.270. The van der Waals surface area contributed by atoms with Gasteiger partial charge in [0.05, 0.1) is 10.7 Å². The standard InChI is InChI=1S/C14H21ClN2O/c1-10-8-13(16)12(15)9-14(10)17-6-2-4-11(17)5-3-7-18/h8-9,11,18H,2-7,16H2,1H3. The van der Waals surface area contributed by atoms with Crippen molar-refractivity contribution < 1.29 is 5.11 Å². The van der Waals surface area contributed by atoms with Gasteiger partial charge in [-0.2, -0.15) is 0 Å². The fraction of sp³-hybridized carbons (Fsp3) is 0.571. The molecule has 0 saturated carbocycles. The fourth-order valence-corrected chi connectivity index (χ4v) is 2.94. The zero-order chi connectivity index (χ0) is 13.1. The summed E-state index contributed by atoms with van der Waals surface area (Å²) >= 11 is 6.12. The van der Waals surface area contributed by atoms with Crippen molar-refractivity contribution in [3.05, 3.63) is 22.7 Å². The van der Waals surface area contributed by atoms with Gasteiger partial charge in [-0.3, -0.25) is 0 Å². The maximum absolute atomic E-state index is 8.96.